The van der Waals surface area contributed by atoms with Crippen molar-refractivity contribution < 1.29 is 8.78 Å². The SMILES string of the molecule is CCn1c(CN)nnc1-c1cc(F)cc(F)c1. The lowest BCUT2D eigenvalue weighted by Crippen LogP contribution is -2.08. The molecule has 0 fully saturated rings. The van der Waals surface area contributed by atoms with Gasteiger partial charge in [0, 0.05) is 18.2 Å². The molecule has 1 heterocycles. The average molecular weight is 238 g/mol. The Balaban J connectivity index is 2.55. The zero-order valence-electron chi connectivity index (χ0n) is 9.32. The number of aromatic nitrogens is 3. The summed E-state index contributed by atoms with van der Waals surface area (Å²) in [7, 11) is 0. The second kappa shape index (κ2) is 4.58. The van der Waals surface area contributed by atoms with Gasteiger partial charge in [0.2, 0.25) is 0 Å². The van der Waals surface area contributed by atoms with Crippen molar-refractivity contribution in [1.29, 1.82) is 0 Å². The summed E-state index contributed by atoms with van der Waals surface area (Å²) < 4.78 is 28.0. The van der Waals surface area contributed by atoms with Crippen LogP contribution in [0.25, 0.3) is 11.4 Å². The zero-order chi connectivity index (χ0) is 12.4. The lowest BCUT2D eigenvalue weighted by atomic mass is 10.2. The Morgan fingerprint density at radius 1 is 1.18 bits per heavy atom. The first kappa shape index (κ1) is 11.7. The van der Waals surface area contributed by atoms with Crippen LogP contribution < -0.4 is 5.73 Å². The minimum absolute atomic E-state index is 0.235. The van der Waals surface area contributed by atoms with E-state index < -0.39 is 11.6 Å². The fourth-order valence-electron chi connectivity index (χ4n) is 1.72. The van der Waals surface area contributed by atoms with Crippen LogP contribution in [0, 0.1) is 11.6 Å². The average Bonchev–Trinajstić information content (AvgIpc) is 2.70. The van der Waals surface area contributed by atoms with Crippen molar-refractivity contribution in [1.82, 2.24) is 14.8 Å². The van der Waals surface area contributed by atoms with Crippen LogP contribution in [0.4, 0.5) is 8.78 Å². The van der Waals surface area contributed by atoms with Gasteiger partial charge in [-0.1, -0.05) is 0 Å². The summed E-state index contributed by atoms with van der Waals surface area (Å²) in [6, 6.07) is 3.26. The van der Waals surface area contributed by atoms with Gasteiger partial charge in [-0.3, -0.25) is 0 Å². The van der Waals surface area contributed by atoms with Gasteiger partial charge in [-0.05, 0) is 19.1 Å². The van der Waals surface area contributed by atoms with Crippen LogP contribution in [0.15, 0.2) is 18.2 Å². The lowest BCUT2D eigenvalue weighted by molar-refractivity contribution is 0.583. The number of hydrogen-bond acceptors (Lipinski definition) is 3. The first-order valence-electron chi connectivity index (χ1n) is 5.24. The third-order valence-electron chi connectivity index (χ3n) is 2.45. The number of benzene rings is 1. The van der Waals surface area contributed by atoms with E-state index in [0.717, 1.165) is 6.07 Å². The molecule has 4 nitrogen and oxygen atoms in total. The molecule has 0 amide bonds. The molecule has 0 radical (unpaired) electrons. The molecule has 6 heteroatoms. The van der Waals surface area contributed by atoms with E-state index >= 15 is 0 Å². The van der Waals surface area contributed by atoms with Gasteiger partial charge in [0.15, 0.2) is 5.82 Å². The Labute approximate surface area is 97.1 Å². The van der Waals surface area contributed by atoms with Gasteiger partial charge in [-0.2, -0.15) is 0 Å². The molecule has 90 valence electrons. The quantitative estimate of drug-likeness (QED) is 0.885. The van der Waals surface area contributed by atoms with Gasteiger partial charge < -0.3 is 10.3 Å². The van der Waals surface area contributed by atoms with Crippen molar-refractivity contribution in [3.8, 4) is 11.4 Å². The summed E-state index contributed by atoms with van der Waals surface area (Å²) in [6.45, 7) is 2.72. The third kappa shape index (κ3) is 2.16. The Morgan fingerprint density at radius 2 is 1.82 bits per heavy atom. The molecule has 0 aliphatic rings. The molecule has 17 heavy (non-hydrogen) atoms. The summed E-state index contributed by atoms with van der Waals surface area (Å²) in [5, 5.41) is 7.79. The van der Waals surface area contributed by atoms with Crippen molar-refractivity contribution in [2.75, 3.05) is 0 Å². The van der Waals surface area contributed by atoms with Gasteiger partial charge >= 0.3 is 0 Å². The van der Waals surface area contributed by atoms with Gasteiger partial charge in [-0.15, -0.1) is 10.2 Å². The van der Waals surface area contributed by atoms with Crippen LogP contribution in [0.1, 0.15) is 12.7 Å². The topological polar surface area (TPSA) is 56.7 Å². The van der Waals surface area contributed by atoms with Crippen molar-refractivity contribution in [3.63, 3.8) is 0 Å². The molecule has 0 spiro atoms. The van der Waals surface area contributed by atoms with Crippen LogP contribution >= 0.6 is 0 Å². The molecule has 0 atom stereocenters. The molecule has 2 rings (SSSR count). The molecule has 0 aliphatic carbocycles. The van der Waals surface area contributed by atoms with E-state index in [4.69, 9.17) is 5.73 Å². The second-order valence-electron chi connectivity index (χ2n) is 3.55. The summed E-state index contributed by atoms with van der Waals surface area (Å²) in [6.07, 6.45) is 0. The largest absolute Gasteiger partial charge is 0.324 e. The maximum absolute atomic E-state index is 13.1. The number of nitrogens with two attached hydrogens (primary N) is 1. The highest BCUT2D eigenvalue weighted by atomic mass is 19.1. The number of nitrogens with zero attached hydrogens (tertiary/aromatic N) is 3. The van der Waals surface area contributed by atoms with Gasteiger partial charge in [0.25, 0.3) is 0 Å². The highest BCUT2D eigenvalue weighted by Gasteiger charge is 2.13. The smallest absolute Gasteiger partial charge is 0.164 e. The first-order valence-corrected chi connectivity index (χ1v) is 5.24. The molecule has 0 aliphatic heterocycles. The third-order valence-corrected chi connectivity index (χ3v) is 2.45. The van der Waals surface area contributed by atoms with Crippen LogP contribution in [0.2, 0.25) is 0 Å². The summed E-state index contributed by atoms with van der Waals surface area (Å²) in [5.74, 6) is -0.265. The van der Waals surface area contributed by atoms with E-state index in [-0.39, 0.29) is 6.54 Å². The Morgan fingerprint density at radius 3 is 2.35 bits per heavy atom. The van der Waals surface area contributed by atoms with E-state index in [1.165, 1.54) is 12.1 Å². The predicted octanol–water partition coefficient (Wildman–Crippen LogP) is 1.70. The van der Waals surface area contributed by atoms with Crippen molar-refractivity contribution in [2.24, 2.45) is 5.73 Å². The number of hydrogen-bond donors (Lipinski definition) is 1. The fourth-order valence-corrected chi connectivity index (χ4v) is 1.72. The minimum atomic E-state index is -0.639. The van der Waals surface area contributed by atoms with Crippen molar-refractivity contribution in [2.45, 2.75) is 20.0 Å². The normalized spacial score (nSPS) is 10.8. The first-order chi connectivity index (χ1) is 8.15. The maximum atomic E-state index is 13.1. The van der Waals surface area contributed by atoms with Crippen LogP contribution in [-0.4, -0.2) is 14.8 Å². The van der Waals surface area contributed by atoms with E-state index in [1.807, 2.05) is 6.92 Å². The highest BCUT2D eigenvalue weighted by molar-refractivity contribution is 5.55. The van der Waals surface area contributed by atoms with Gasteiger partial charge in [0.05, 0.1) is 6.54 Å². The standard InChI is InChI=1S/C11H12F2N4/c1-2-17-10(6-14)15-16-11(17)7-3-8(12)5-9(13)4-7/h3-5H,2,6,14H2,1H3. The molecule has 1 aromatic carbocycles. The van der Waals surface area contributed by atoms with Crippen LogP contribution in [-0.2, 0) is 13.1 Å². The number of rotatable bonds is 3. The Hall–Kier alpha value is -1.82. The van der Waals surface area contributed by atoms with Crippen molar-refractivity contribution >= 4 is 0 Å². The molecule has 0 saturated carbocycles. The molecule has 0 bridgehead atoms. The van der Waals surface area contributed by atoms with Crippen molar-refractivity contribution in [3.05, 3.63) is 35.7 Å². The summed E-state index contributed by atoms with van der Waals surface area (Å²) in [5.41, 5.74) is 5.86. The zero-order valence-corrected chi connectivity index (χ0v) is 9.32. The van der Waals surface area contributed by atoms with Crippen LogP contribution in [0.3, 0.4) is 0 Å². The molecular weight excluding hydrogens is 226 g/mol. The van der Waals surface area contributed by atoms with E-state index in [1.54, 1.807) is 4.57 Å². The maximum Gasteiger partial charge on any atom is 0.164 e. The van der Waals surface area contributed by atoms with Crippen LogP contribution in [0.5, 0.6) is 0 Å². The molecule has 0 saturated heterocycles. The van der Waals surface area contributed by atoms with Gasteiger partial charge in [0.1, 0.15) is 17.5 Å². The lowest BCUT2D eigenvalue weighted by Gasteiger charge is -2.06. The molecular formula is C11H12F2N4. The highest BCUT2D eigenvalue weighted by Crippen LogP contribution is 2.20. The number of halogens is 2. The molecule has 2 N–H and O–H groups in total. The predicted molar refractivity (Wildman–Crippen MR) is 58.9 cm³/mol. The fraction of sp³-hybridized carbons (Fsp3) is 0.273. The van der Waals surface area contributed by atoms with E-state index in [9.17, 15) is 8.78 Å². The summed E-state index contributed by atoms with van der Waals surface area (Å²) in [4.78, 5) is 0. The van der Waals surface area contributed by atoms with E-state index in [2.05, 4.69) is 10.2 Å². The Bertz CT molecular complexity index is 516. The monoisotopic (exact) mass is 238 g/mol. The summed E-state index contributed by atoms with van der Waals surface area (Å²) >= 11 is 0. The van der Waals surface area contributed by atoms with E-state index in [0.29, 0.717) is 23.8 Å². The van der Waals surface area contributed by atoms with Gasteiger partial charge in [-0.25, -0.2) is 8.78 Å². The molecule has 0 unspecified atom stereocenters. The Kier molecular flexibility index (Phi) is 3.14. The molecule has 2 aromatic rings. The second-order valence-corrected chi connectivity index (χ2v) is 3.55. The minimum Gasteiger partial charge on any atom is -0.324 e. The molecule has 1 aromatic heterocycles.